The summed E-state index contributed by atoms with van der Waals surface area (Å²) < 4.78 is 5.12. The van der Waals surface area contributed by atoms with Crippen LogP contribution in [0.5, 0.6) is 0 Å². The minimum atomic E-state index is -0.363. The van der Waals surface area contributed by atoms with Crippen molar-refractivity contribution >= 4 is 34.2 Å². The van der Waals surface area contributed by atoms with Gasteiger partial charge in [-0.25, -0.2) is 0 Å². The highest BCUT2D eigenvalue weighted by Crippen LogP contribution is 2.21. The molecule has 0 saturated carbocycles. The molecule has 0 fully saturated rings. The van der Waals surface area contributed by atoms with E-state index in [1.165, 1.54) is 23.5 Å². The molecule has 4 rings (SSSR count). The first-order valence-electron chi connectivity index (χ1n) is 8.13. The second kappa shape index (κ2) is 7.38. The van der Waals surface area contributed by atoms with Crippen LogP contribution in [0.3, 0.4) is 0 Å². The van der Waals surface area contributed by atoms with Crippen LogP contribution in [0.2, 0.25) is 0 Å². The Morgan fingerprint density at radius 2 is 2.15 bits per heavy atom. The Balaban J connectivity index is 1.41. The Hall–Kier alpha value is -3.52. The van der Waals surface area contributed by atoms with Crippen molar-refractivity contribution in [2.45, 2.75) is 6.54 Å². The molecule has 4 aromatic rings. The molecule has 8 heteroatoms. The number of fused-ring (bicyclic) bond motifs is 1. The van der Waals surface area contributed by atoms with E-state index in [0.29, 0.717) is 17.3 Å². The fourth-order valence-electron chi connectivity index (χ4n) is 2.51. The Morgan fingerprint density at radius 1 is 1.26 bits per heavy atom. The van der Waals surface area contributed by atoms with E-state index in [9.17, 15) is 9.59 Å². The number of nitrogens with zero attached hydrogens (tertiary/aromatic N) is 2. The summed E-state index contributed by atoms with van der Waals surface area (Å²) in [5.41, 5.74) is 0.902. The van der Waals surface area contributed by atoms with E-state index in [-0.39, 0.29) is 18.0 Å². The molecule has 27 heavy (non-hydrogen) atoms. The van der Waals surface area contributed by atoms with Crippen molar-refractivity contribution in [3.63, 3.8) is 0 Å². The van der Waals surface area contributed by atoms with Gasteiger partial charge in [0.15, 0.2) is 0 Å². The van der Waals surface area contributed by atoms with Crippen molar-refractivity contribution in [1.82, 2.24) is 20.4 Å². The van der Waals surface area contributed by atoms with E-state index in [4.69, 9.17) is 4.52 Å². The molecule has 0 bridgehead atoms. The van der Waals surface area contributed by atoms with Crippen LogP contribution >= 0.6 is 11.3 Å². The molecule has 7 nitrogen and oxygen atoms in total. The van der Waals surface area contributed by atoms with E-state index in [1.54, 1.807) is 6.07 Å². The van der Waals surface area contributed by atoms with Crippen LogP contribution in [0.4, 0.5) is 0 Å². The van der Waals surface area contributed by atoms with Crippen molar-refractivity contribution < 1.29 is 9.32 Å². The molecule has 1 amide bonds. The smallest absolute Gasteiger partial charge is 0.255 e. The van der Waals surface area contributed by atoms with Gasteiger partial charge in [-0.3, -0.25) is 9.59 Å². The first-order chi connectivity index (χ1) is 13.2. The molecule has 0 saturated heterocycles. The largest absolute Gasteiger partial charge is 0.343 e. The second-order valence-electron chi connectivity index (χ2n) is 5.68. The van der Waals surface area contributed by atoms with Crippen LogP contribution in [0, 0.1) is 0 Å². The van der Waals surface area contributed by atoms with Crippen LogP contribution in [0.15, 0.2) is 63.2 Å². The van der Waals surface area contributed by atoms with Crippen molar-refractivity contribution in [2.75, 3.05) is 0 Å². The van der Waals surface area contributed by atoms with Crippen molar-refractivity contribution in [3.8, 4) is 10.7 Å². The minimum Gasteiger partial charge on any atom is -0.343 e. The zero-order valence-corrected chi connectivity index (χ0v) is 14.8. The SMILES string of the molecule is O=C(/C=C/c1cc2ccccc2[nH]c1=O)NCc1nc(-c2cccs2)no1. The van der Waals surface area contributed by atoms with E-state index < -0.39 is 0 Å². The zero-order chi connectivity index (χ0) is 18.6. The molecule has 2 N–H and O–H groups in total. The van der Waals surface area contributed by atoms with E-state index in [0.717, 1.165) is 15.8 Å². The summed E-state index contributed by atoms with van der Waals surface area (Å²) >= 11 is 1.51. The first kappa shape index (κ1) is 16.9. The van der Waals surface area contributed by atoms with Gasteiger partial charge in [0.2, 0.25) is 17.6 Å². The van der Waals surface area contributed by atoms with Crippen LogP contribution < -0.4 is 10.9 Å². The maximum Gasteiger partial charge on any atom is 0.255 e. The number of rotatable bonds is 5. The van der Waals surface area contributed by atoms with Gasteiger partial charge in [0.05, 0.1) is 11.4 Å². The number of aromatic nitrogens is 3. The lowest BCUT2D eigenvalue weighted by atomic mass is 10.1. The summed E-state index contributed by atoms with van der Waals surface area (Å²) in [5, 5.41) is 9.35. The van der Waals surface area contributed by atoms with Crippen LogP contribution in [-0.2, 0) is 11.3 Å². The summed E-state index contributed by atoms with van der Waals surface area (Å²) in [4.78, 5) is 32.0. The highest BCUT2D eigenvalue weighted by molar-refractivity contribution is 7.13. The third-order valence-corrected chi connectivity index (χ3v) is 4.69. The molecular formula is C19H14N4O3S. The molecule has 0 spiro atoms. The summed E-state index contributed by atoms with van der Waals surface area (Å²) in [6, 6.07) is 13.0. The van der Waals surface area contributed by atoms with Gasteiger partial charge in [-0.1, -0.05) is 29.4 Å². The molecule has 1 aromatic carbocycles. The molecule has 0 unspecified atom stereocenters. The number of pyridine rings is 1. The summed E-state index contributed by atoms with van der Waals surface area (Å²) in [5.74, 6) is 0.439. The summed E-state index contributed by atoms with van der Waals surface area (Å²) in [6.07, 6.45) is 2.78. The average Bonchev–Trinajstić information content (AvgIpc) is 3.36. The number of carbonyl (C=O) groups excluding carboxylic acids is 1. The normalized spacial score (nSPS) is 11.3. The predicted molar refractivity (Wildman–Crippen MR) is 103 cm³/mol. The molecule has 0 aliphatic rings. The third kappa shape index (κ3) is 3.85. The monoisotopic (exact) mass is 378 g/mol. The Labute approximate surface area is 157 Å². The quantitative estimate of drug-likeness (QED) is 0.520. The van der Waals surface area contributed by atoms with Gasteiger partial charge in [-0.15, -0.1) is 11.3 Å². The van der Waals surface area contributed by atoms with Crippen molar-refractivity contribution in [3.05, 3.63) is 75.7 Å². The number of para-hydroxylation sites is 1. The maximum atomic E-state index is 12.1. The molecular weight excluding hydrogens is 364 g/mol. The standard InChI is InChI=1S/C19H14N4O3S/c24-16(20-11-17-22-18(23-26-17)15-6-3-9-27-15)8-7-13-10-12-4-1-2-5-14(12)21-19(13)25/h1-10H,11H2,(H,20,24)(H,21,25)/b8-7+. The molecule has 134 valence electrons. The molecule has 3 aromatic heterocycles. The number of hydrogen-bond donors (Lipinski definition) is 2. The molecule has 0 aliphatic heterocycles. The Bertz CT molecular complexity index is 1180. The molecule has 0 atom stereocenters. The fraction of sp³-hybridized carbons (Fsp3) is 0.0526. The highest BCUT2D eigenvalue weighted by atomic mass is 32.1. The van der Waals surface area contributed by atoms with Crippen LogP contribution in [0.25, 0.3) is 27.7 Å². The van der Waals surface area contributed by atoms with Crippen LogP contribution in [0.1, 0.15) is 11.5 Å². The number of carbonyl (C=O) groups is 1. The average molecular weight is 378 g/mol. The van der Waals surface area contributed by atoms with Gasteiger partial charge in [0.25, 0.3) is 5.56 Å². The van der Waals surface area contributed by atoms with E-state index >= 15 is 0 Å². The van der Waals surface area contributed by atoms with Gasteiger partial charge in [-0.05, 0) is 35.0 Å². The first-order valence-corrected chi connectivity index (χ1v) is 9.01. The van der Waals surface area contributed by atoms with Gasteiger partial charge in [-0.2, -0.15) is 4.98 Å². The lowest BCUT2D eigenvalue weighted by molar-refractivity contribution is -0.116. The highest BCUT2D eigenvalue weighted by Gasteiger charge is 2.09. The molecule has 0 radical (unpaired) electrons. The number of H-pyrrole nitrogens is 1. The third-order valence-electron chi connectivity index (χ3n) is 3.82. The molecule has 0 aliphatic carbocycles. The van der Waals surface area contributed by atoms with Gasteiger partial charge >= 0.3 is 0 Å². The lowest BCUT2D eigenvalue weighted by Crippen LogP contribution is -2.20. The van der Waals surface area contributed by atoms with Crippen molar-refractivity contribution in [2.24, 2.45) is 0 Å². The predicted octanol–water partition coefficient (Wildman–Crippen LogP) is 2.97. The Morgan fingerprint density at radius 3 is 3.00 bits per heavy atom. The van der Waals surface area contributed by atoms with E-state index in [2.05, 4.69) is 20.4 Å². The summed E-state index contributed by atoms with van der Waals surface area (Å²) in [7, 11) is 0. The number of aromatic amines is 1. The lowest BCUT2D eigenvalue weighted by Gasteiger charge is -1.99. The fourth-order valence-corrected chi connectivity index (χ4v) is 3.16. The van der Waals surface area contributed by atoms with Gasteiger partial charge in [0, 0.05) is 17.2 Å². The molecule has 3 heterocycles. The van der Waals surface area contributed by atoms with Gasteiger partial charge < -0.3 is 14.8 Å². The second-order valence-corrected chi connectivity index (χ2v) is 6.63. The van der Waals surface area contributed by atoms with Gasteiger partial charge in [0.1, 0.15) is 0 Å². The minimum absolute atomic E-state index is 0.107. The van der Waals surface area contributed by atoms with E-state index in [1.807, 2.05) is 41.8 Å². The number of amides is 1. The van der Waals surface area contributed by atoms with Crippen LogP contribution in [-0.4, -0.2) is 21.0 Å². The Kier molecular flexibility index (Phi) is 4.63. The summed E-state index contributed by atoms with van der Waals surface area (Å²) in [6.45, 7) is 0.107. The number of nitrogens with one attached hydrogen (secondary N) is 2. The van der Waals surface area contributed by atoms with Crippen molar-refractivity contribution in [1.29, 1.82) is 0 Å². The maximum absolute atomic E-state index is 12.1. The number of hydrogen-bond acceptors (Lipinski definition) is 6. The zero-order valence-electron chi connectivity index (χ0n) is 14.0. The topological polar surface area (TPSA) is 101 Å². The number of benzene rings is 1. The number of thiophene rings is 1.